The van der Waals surface area contributed by atoms with Crippen molar-refractivity contribution >= 4 is 18.1 Å². The van der Waals surface area contributed by atoms with Gasteiger partial charge in [0.1, 0.15) is 29.0 Å². The number of pyridine rings is 1. The van der Waals surface area contributed by atoms with Gasteiger partial charge in [0.15, 0.2) is 6.29 Å². The van der Waals surface area contributed by atoms with Crippen LogP contribution in [-0.4, -0.2) is 41.6 Å². The van der Waals surface area contributed by atoms with E-state index >= 15 is 0 Å². The van der Waals surface area contributed by atoms with E-state index in [0.717, 1.165) is 18.2 Å². The van der Waals surface area contributed by atoms with Crippen molar-refractivity contribution in [3.8, 4) is 17.2 Å². The van der Waals surface area contributed by atoms with E-state index < -0.39 is 28.9 Å². The molecule has 1 aliphatic rings. The van der Waals surface area contributed by atoms with Crippen molar-refractivity contribution in [3.63, 3.8) is 0 Å². The Morgan fingerprint density at radius 3 is 2.53 bits per heavy atom. The first-order valence-corrected chi connectivity index (χ1v) is 10.1. The van der Waals surface area contributed by atoms with E-state index in [1.165, 1.54) is 6.20 Å². The Kier molecular flexibility index (Phi) is 6.17. The van der Waals surface area contributed by atoms with E-state index in [1.54, 1.807) is 20.8 Å². The predicted molar refractivity (Wildman–Crippen MR) is 114 cm³/mol. The zero-order valence-corrected chi connectivity index (χ0v) is 18.3. The highest BCUT2D eigenvalue weighted by molar-refractivity contribution is 5.94. The number of rotatable bonds is 4. The molecular weight excluding hydrogens is 418 g/mol. The maximum absolute atomic E-state index is 14.0. The highest BCUT2D eigenvalue weighted by Crippen LogP contribution is 2.39. The van der Waals surface area contributed by atoms with Crippen LogP contribution in [-0.2, 0) is 4.74 Å². The monoisotopic (exact) mass is 442 g/mol. The molecule has 1 aromatic carbocycles. The number of amides is 1. The van der Waals surface area contributed by atoms with Gasteiger partial charge in [-0.2, -0.15) is 5.26 Å². The molecule has 0 bridgehead atoms. The lowest BCUT2D eigenvalue weighted by molar-refractivity contribution is 0.0473. The number of carbonyl (C=O) groups excluding carboxylic acids is 2. The molecule has 3 rings (SSSR count). The zero-order valence-electron chi connectivity index (χ0n) is 18.3. The summed E-state index contributed by atoms with van der Waals surface area (Å²) >= 11 is 0. The number of aromatic nitrogens is 1. The maximum atomic E-state index is 14.0. The average Bonchev–Trinajstić information content (AvgIpc) is 3.05. The third kappa shape index (κ3) is 5.02. The van der Waals surface area contributed by atoms with Crippen LogP contribution in [0.15, 0.2) is 24.4 Å². The quantitative estimate of drug-likeness (QED) is 0.713. The minimum atomic E-state index is -0.816. The van der Waals surface area contributed by atoms with E-state index in [-0.39, 0.29) is 28.9 Å². The number of anilines is 1. The van der Waals surface area contributed by atoms with Crippen LogP contribution in [0.4, 0.5) is 19.3 Å². The number of benzene rings is 1. The van der Waals surface area contributed by atoms with Gasteiger partial charge in [-0.15, -0.1) is 0 Å². The Balaban J connectivity index is 2.04. The highest BCUT2D eigenvalue weighted by atomic mass is 19.1. The number of nitrogens with one attached hydrogen (secondary N) is 1. The zero-order chi connectivity index (χ0) is 23.7. The maximum Gasteiger partial charge on any atom is 0.408 e. The molecule has 0 saturated carbocycles. The van der Waals surface area contributed by atoms with Gasteiger partial charge in [0.25, 0.3) is 0 Å². The van der Waals surface area contributed by atoms with Gasteiger partial charge >= 0.3 is 6.09 Å². The Hall–Kier alpha value is -3.54. The number of carbonyl (C=O) groups is 2. The normalized spacial score (nSPS) is 18.2. The summed E-state index contributed by atoms with van der Waals surface area (Å²) in [5.74, 6) is -1.63. The molecule has 2 aromatic rings. The van der Waals surface area contributed by atoms with Crippen molar-refractivity contribution in [2.75, 3.05) is 18.0 Å². The fourth-order valence-electron chi connectivity index (χ4n) is 3.80. The van der Waals surface area contributed by atoms with Gasteiger partial charge in [-0.25, -0.2) is 18.6 Å². The van der Waals surface area contributed by atoms with Crippen LogP contribution in [0.3, 0.4) is 0 Å². The van der Waals surface area contributed by atoms with Crippen molar-refractivity contribution in [3.05, 3.63) is 47.3 Å². The van der Waals surface area contributed by atoms with Crippen LogP contribution in [0, 0.1) is 23.0 Å². The van der Waals surface area contributed by atoms with Crippen LogP contribution < -0.4 is 10.2 Å². The molecule has 1 fully saturated rings. The third-order valence-electron chi connectivity index (χ3n) is 5.06. The molecule has 2 heterocycles. The van der Waals surface area contributed by atoms with Crippen LogP contribution in [0.5, 0.6) is 0 Å². The summed E-state index contributed by atoms with van der Waals surface area (Å²) in [7, 11) is 0. The largest absolute Gasteiger partial charge is 0.444 e. The van der Waals surface area contributed by atoms with Gasteiger partial charge in [0, 0.05) is 30.9 Å². The number of alkyl carbamates (subject to hydrolysis) is 1. The predicted octanol–water partition coefficient (Wildman–Crippen LogP) is 4.20. The Morgan fingerprint density at radius 1 is 1.31 bits per heavy atom. The van der Waals surface area contributed by atoms with E-state index in [1.807, 2.05) is 17.9 Å². The van der Waals surface area contributed by atoms with Crippen molar-refractivity contribution < 1.29 is 23.1 Å². The van der Waals surface area contributed by atoms with Crippen LogP contribution >= 0.6 is 0 Å². The first-order valence-electron chi connectivity index (χ1n) is 10.1. The van der Waals surface area contributed by atoms with Crippen LogP contribution in [0.1, 0.15) is 50.2 Å². The Morgan fingerprint density at radius 2 is 1.97 bits per heavy atom. The SMILES string of the molecule is CC(C)(C)OC(=O)N[C@@]1(C)CCN(c2c(C=O)cnc(C#N)c2-c2cc(F)cc(F)c2)C1. The van der Waals surface area contributed by atoms with Gasteiger partial charge < -0.3 is 15.0 Å². The lowest BCUT2D eigenvalue weighted by Gasteiger charge is -2.30. The number of aldehydes is 1. The average molecular weight is 442 g/mol. The number of nitriles is 1. The summed E-state index contributed by atoms with van der Waals surface area (Å²) in [6, 6.07) is 4.85. The molecule has 1 saturated heterocycles. The van der Waals surface area contributed by atoms with E-state index in [0.29, 0.717) is 24.9 Å². The number of ether oxygens (including phenoxy) is 1. The Labute approximate surface area is 185 Å². The van der Waals surface area contributed by atoms with Crippen LogP contribution in [0.2, 0.25) is 0 Å². The molecular formula is C23H24F2N4O3. The second-order valence-corrected chi connectivity index (χ2v) is 9.03. The standard InChI is InChI=1S/C23H24F2N4O3/c1-22(2,3)32-21(31)28-23(4)5-6-29(13-23)20-15(12-30)11-27-18(10-26)19(20)14-7-16(24)9-17(25)8-14/h7-9,11-12H,5-6,13H2,1-4H3,(H,28,31)/t23-/m0/s1. The number of hydrogen-bond donors (Lipinski definition) is 1. The van der Waals surface area contributed by atoms with Gasteiger partial charge in [0.2, 0.25) is 0 Å². The number of hydrogen-bond acceptors (Lipinski definition) is 6. The fraction of sp³-hybridized carbons (Fsp3) is 0.391. The van der Waals surface area contributed by atoms with Crippen molar-refractivity contribution in [1.82, 2.24) is 10.3 Å². The lowest BCUT2D eigenvalue weighted by atomic mass is 9.98. The minimum Gasteiger partial charge on any atom is -0.444 e. The fourth-order valence-corrected chi connectivity index (χ4v) is 3.80. The molecule has 32 heavy (non-hydrogen) atoms. The number of nitrogens with zero attached hydrogens (tertiary/aromatic N) is 3. The summed E-state index contributed by atoms with van der Waals surface area (Å²) in [5.41, 5.74) is -0.648. The van der Waals surface area contributed by atoms with E-state index in [2.05, 4.69) is 10.3 Å². The molecule has 1 atom stereocenters. The molecule has 0 spiro atoms. The molecule has 9 heteroatoms. The summed E-state index contributed by atoms with van der Waals surface area (Å²) in [4.78, 5) is 29.9. The van der Waals surface area contributed by atoms with E-state index in [9.17, 15) is 23.6 Å². The van der Waals surface area contributed by atoms with E-state index in [4.69, 9.17) is 4.74 Å². The number of halogens is 2. The highest BCUT2D eigenvalue weighted by Gasteiger charge is 2.38. The van der Waals surface area contributed by atoms with Gasteiger partial charge in [-0.05, 0) is 51.8 Å². The third-order valence-corrected chi connectivity index (χ3v) is 5.06. The minimum absolute atomic E-state index is 0.0655. The Bertz CT molecular complexity index is 1090. The molecule has 1 aliphatic heterocycles. The van der Waals surface area contributed by atoms with Gasteiger partial charge in [-0.3, -0.25) is 4.79 Å². The molecule has 168 valence electrons. The summed E-state index contributed by atoms with van der Waals surface area (Å²) in [6.45, 7) is 7.83. The molecule has 1 aromatic heterocycles. The molecule has 0 aliphatic carbocycles. The van der Waals surface area contributed by atoms with Crippen molar-refractivity contribution in [2.45, 2.75) is 45.3 Å². The summed E-state index contributed by atoms with van der Waals surface area (Å²) < 4.78 is 33.3. The van der Waals surface area contributed by atoms with Gasteiger partial charge in [0.05, 0.1) is 16.8 Å². The van der Waals surface area contributed by atoms with Crippen molar-refractivity contribution in [1.29, 1.82) is 5.26 Å². The second kappa shape index (κ2) is 8.54. The molecule has 7 nitrogen and oxygen atoms in total. The summed E-state index contributed by atoms with van der Waals surface area (Å²) in [5, 5.41) is 12.5. The molecule has 0 radical (unpaired) electrons. The topological polar surface area (TPSA) is 95.3 Å². The molecule has 0 unspecified atom stereocenters. The molecule has 1 amide bonds. The summed E-state index contributed by atoms with van der Waals surface area (Å²) in [6.07, 6.45) is 1.79. The first-order chi connectivity index (χ1) is 14.9. The van der Waals surface area contributed by atoms with Crippen LogP contribution in [0.25, 0.3) is 11.1 Å². The second-order valence-electron chi connectivity index (χ2n) is 9.03. The van der Waals surface area contributed by atoms with Gasteiger partial charge in [-0.1, -0.05) is 0 Å². The smallest absolute Gasteiger partial charge is 0.408 e. The first kappa shape index (κ1) is 23.1. The van der Waals surface area contributed by atoms with Crippen molar-refractivity contribution in [2.24, 2.45) is 0 Å². The lowest BCUT2D eigenvalue weighted by Crippen LogP contribution is -2.49. The molecule has 1 N–H and O–H groups in total.